The van der Waals surface area contributed by atoms with Crippen molar-refractivity contribution in [3.8, 4) is 0 Å². The maximum atomic E-state index is 13.0. The number of nitrogen functional groups attached to an aromatic ring is 1. The minimum absolute atomic E-state index is 0.208. The molecule has 0 unspecified atom stereocenters. The third-order valence-electron chi connectivity index (χ3n) is 3.08. The predicted octanol–water partition coefficient (Wildman–Crippen LogP) is 2.12. The van der Waals surface area contributed by atoms with Gasteiger partial charge in [-0.2, -0.15) is 18.2 Å². The van der Waals surface area contributed by atoms with Gasteiger partial charge in [0.15, 0.2) is 5.69 Å². The molecule has 0 saturated heterocycles. The summed E-state index contributed by atoms with van der Waals surface area (Å²) in [5.74, 6) is -1.33. The topological polar surface area (TPSA) is 113 Å². The third kappa shape index (κ3) is 5.05. The number of aliphatic hydroxyl groups excluding tert-OH is 1. The summed E-state index contributed by atoms with van der Waals surface area (Å²) in [7, 11) is 0. The zero-order valence-electron chi connectivity index (χ0n) is 13.1. The van der Waals surface area contributed by atoms with Crippen LogP contribution in [0.2, 0.25) is 0 Å². The number of aromatic nitrogens is 2. The highest BCUT2D eigenvalue weighted by molar-refractivity contribution is 6.04. The molecule has 0 saturated carbocycles. The summed E-state index contributed by atoms with van der Waals surface area (Å²) in [5.41, 5.74) is 4.96. The Morgan fingerprint density at radius 1 is 1.28 bits per heavy atom. The minimum Gasteiger partial charge on any atom is -0.399 e. The first-order chi connectivity index (χ1) is 11.7. The summed E-state index contributed by atoms with van der Waals surface area (Å²) in [6.45, 7) is 1.21. The quantitative estimate of drug-likeness (QED) is 0.611. The lowest BCUT2D eigenvalue weighted by Gasteiger charge is -2.14. The van der Waals surface area contributed by atoms with Gasteiger partial charge in [0.25, 0.3) is 5.91 Å². The summed E-state index contributed by atoms with van der Waals surface area (Å²) in [4.78, 5) is 19.3. The smallest absolute Gasteiger partial charge is 0.399 e. The average Bonchev–Trinajstić information content (AvgIpc) is 2.54. The molecule has 10 heteroatoms. The van der Waals surface area contributed by atoms with E-state index >= 15 is 0 Å². The Morgan fingerprint density at radius 2 is 1.92 bits per heavy atom. The zero-order valence-corrected chi connectivity index (χ0v) is 13.1. The van der Waals surface area contributed by atoms with Crippen molar-refractivity contribution in [2.24, 2.45) is 0 Å². The van der Waals surface area contributed by atoms with Crippen LogP contribution in [0.25, 0.3) is 0 Å². The Hall–Kier alpha value is -2.88. The molecule has 0 radical (unpaired) electrons. The number of hydrogen-bond donors (Lipinski definition) is 4. The van der Waals surface area contributed by atoms with E-state index in [1.54, 1.807) is 0 Å². The summed E-state index contributed by atoms with van der Waals surface area (Å²) in [6.07, 6.45) is -4.72. The number of carbonyl (C=O) groups excluding carboxylic acids is 1. The van der Waals surface area contributed by atoms with Gasteiger partial charge in [0.1, 0.15) is 5.82 Å². The van der Waals surface area contributed by atoms with Gasteiger partial charge in [-0.25, -0.2) is 4.98 Å². The van der Waals surface area contributed by atoms with Crippen molar-refractivity contribution in [2.45, 2.75) is 19.1 Å². The van der Waals surface area contributed by atoms with Crippen LogP contribution >= 0.6 is 0 Å². The van der Waals surface area contributed by atoms with Gasteiger partial charge in [0, 0.05) is 23.4 Å². The highest BCUT2D eigenvalue weighted by Gasteiger charge is 2.34. The average molecular weight is 355 g/mol. The van der Waals surface area contributed by atoms with Crippen LogP contribution in [0.3, 0.4) is 0 Å². The normalized spacial score (nSPS) is 12.5. The molecule has 2 rings (SSSR count). The molecule has 0 spiro atoms. The van der Waals surface area contributed by atoms with Gasteiger partial charge < -0.3 is 21.5 Å². The lowest BCUT2D eigenvalue weighted by atomic mass is 10.2. The maximum absolute atomic E-state index is 13.0. The van der Waals surface area contributed by atoms with Gasteiger partial charge in [0.05, 0.1) is 6.61 Å². The van der Waals surface area contributed by atoms with Crippen LogP contribution in [-0.4, -0.2) is 33.6 Å². The van der Waals surface area contributed by atoms with E-state index in [0.717, 1.165) is 0 Å². The Morgan fingerprint density at radius 3 is 2.48 bits per heavy atom. The lowest BCUT2D eigenvalue weighted by molar-refractivity contribution is -0.141. The molecule has 7 nitrogen and oxygen atoms in total. The summed E-state index contributed by atoms with van der Waals surface area (Å²) >= 11 is 0. The predicted molar refractivity (Wildman–Crippen MR) is 86.0 cm³/mol. The van der Waals surface area contributed by atoms with Crippen molar-refractivity contribution in [3.63, 3.8) is 0 Å². The van der Waals surface area contributed by atoms with Crippen LogP contribution in [0.4, 0.5) is 30.6 Å². The van der Waals surface area contributed by atoms with Gasteiger partial charge in [-0.3, -0.25) is 4.79 Å². The second-order valence-electron chi connectivity index (χ2n) is 5.26. The van der Waals surface area contributed by atoms with Gasteiger partial charge >= 0.3 is 6.18 Å². The fourth-order valence-corrected chi connectivity index (χ4v) is 1.81. The molecule has 1 amide bonds. The molecule has 134 valence electrons. The molecule has 1 atom stereocenters. The van der Waals surface area contributed by atoms with Crippen LogP contribution in [0.5, 0.6) is 0 Å². The van der Waals surface area contributed by atoms with Crippen molar-refractivity contribution < 1.29 is 23.1 Å². The molecule has 1 aromatic carbocycles. The van der Waals surface area contributed by atoms with Gasteiger partial charge in [-0.15, -0.1) is 0 Å². The zero-order chi connectivity index (χ0) is 18.6. The Labute approximate surface area is 141 Å². The molecule has 1 heterocycles. The van der Waals surface area contributed by atoms with Crippen LogP contribution in [0, 0.1) is 0 Å². The monoisotopic (exact) mass is 355 g/mol. The van der Waals surface area contributed by atoms with E-state index in [4.69, 9.17) is 10.8 Å². The Balaban J connectivity index is 2.30. The molecule has 25 heavy (non-hydrogen) atoms. The van der Waals surface area contributed by atoms with Crippen LogP contribution in [0.15, 0.2) is 30.3 Å². The standard InChI is InChI=1S/C15H16F3N5O2/c1-8(7-24)20-14-21-11(15(16,17)18)6-12(23-14)22-13(25)9-2-4-10(19)5-3-9/h2-6,8,24H,7,19H2,1H3,(H2,20,21,22,23,25)/t8-/m0/s1. The number of anilines is 3. The molecule has 0 aliphatic carbocycles. The van der Waals surface area contributed by atoms with Crippen LogP contribution in [0.1, 0.15) is 23.0 Å². The fraction of sp³-hybridized carbons (Fsp3) is 0.267. The van der Waals surface area contributed by atoms with Crippen LogP contribution < -0.4 is 16.4 Å². The van der Waals surface area contributed by atoms with Crippen molar-refractivity contribution >= 4 is 23.4 Å². The SMILES string of the molecule is C[C@@H](CO)Nc1nc(NC(=O)c2ccc(N)cc2)cc(C(F)(F)F)n1. The lowest BCUT2D eigenvalue weighted by Crippen LogP contribution is -2.23. The fourth-order valence-electron chi connectivity index (χ4n) is 1.81. The largest absolute Gasteiger partial charge is 0.433 e. The van der Waals surface area contributed by atoms with Crippen molar-refractivity contribution in [1.82, 2.24) is 9.97 Å². The summed E-state index contributed by atoms with van der Waals surface area (Å²) in [6, 6.07) is 5.92. The number of benzene rings is 1. The minimum atomic E-state index is -4.72. The maximum Gasteiger partial charge on any atom is 0.433 e. The molecule has 0 bridgehead atoms. The Kier molecular flexibility index (Phi) is 5.42. The first-order valence-corrected chi connectivity index (χ1v) is 7.19. The van der Waals surface area contributed by atoms with E-state index in [9.17, 15) is 18.0 Å². The van der Waals surface area contributed by atoms with Crippen molar-refractivity contribution in [1.29, 1.82) is 0 Å². The number of nitrogens with two attached hydrogens (primary N) is 1. The van der Waals surface area contributed by atoms with Crippen LogP contribution in [-0.2, 0) is 6.18 Å². The molecule has 0 aliphatic heterocycles. The van der Waals surface area contributed by atoms with Gasteiger partial charge in [0.2, 0.25) is 5.95 Å². The van der Waals surface area contributed by atoms with Gasteiger partial charge in [-0.1, -0.05) is 0 Å². The number of hydrogen-bond acceptors (Lipinski definition) is 6. The van der Waals surface area contributed by atoms with Gasteiger partial charge in [-0.05, 0) is 31.2 Å². The van der Waals surface area contributed by atoms with E-state index in [1.807, 2.05) is 0 Å². The number of amides is 1. The van der Waals surface area contributed by atoms with E-state index < -0.39 is 23.8 Å². The molecule has 0 fully saturated rings. The third-order valence-corrected chi connectivity index (χ3v) is 3.08. The number of carbonyl (C=O) groups is 1. The first kappa shape index (κ1) is 18.5. The molecule has 1 aromatic heterocycles. The Bertz CT molecular complexity index is 750. The molecule has 0 aliphatic rings. The highest BCUT2D eigenvalue weighted by Crippen LogP contribution is 2.29. The number of nitrogens with zero attached hydrogens (tertiary/aromatic N) is 2. The van der Waals surface area contributed by atoms with E-state index in [-0.39, 0.29) is 23.9 Å². The van der Waals surface area contributed by atoms with E-state index in [0.29, 0.717) is 11.8 Å². The first-order valence-electron chi connectivity index (χ1n) is 7.19. The number of halogens is 3. The molecular weight excluding hydrogens is 339 g/mol. The summed E-state index contributed by atoms with van der Waals surface area (Å²) in [5, 5.41) is 13.8. The second-order valence-corrected chi connectivity index (χ2v) is 5.26. The number of nitrogens with one attached hydrogen (secondary N) is 2. The highest BCUT2D eigenvalue weighted by atomic mass is 19.4. The number of alkyl halides is 3. The number of rotatable bonds is 5. The molecule has 5 N–H and O–H groups in total. The molecular formula is C15H16F3N5O2. The van der Waals surface area contributed by atoms with E-state index in [1.165, 1.54) is 31.2 Å². The van der Waals surface area contributed by atoms with Crippen molar-refractivity contribution in [2.75, 3.05) is 23.0 Å². The molecule has 2 aromatic rings. The number of aliphatic hydroxyl groups is 1. The van der Waals surface area contributed by atoms with Crippen molar-refractivity contribution in [3.05, 3.63) is 41.6 Å². The van der Waals surface area contributed by atoms with E-state index in [2.05, 4.69) is 20.6 Å². The second kappa shape index (κ2) is 7.34. The summed E-state index contributed by atoms with van der Waals surface area (Å²) < 4.78 is 38.9.